The molecule has 0 spiro atoms. The molecule has 1 rings (SSSR count). The van der Waals surface area contributed by atoms with E-state index in [9.17, 15) is 15.2 Å². The number of hydrogen-bond donors (Lipinski definition) is 3. The lowest BCUT2D eigenvalue weighted by molar-refractivity contribution is -0.384. The third-order valence-electron chi connectivity index (χ3n) is 1.69. The second kappa shape index (κ2) is 5.15. The smallest absolute Gasteiger partial charge is 0.273 e. The summed E-state index contributed by atoms with van der Waals surface area (Å²) in [6.45, 7) is 0.408. The number of hydrogen-bond acceptors (Lipinski definition) is 5. The van der Waals surface area contributed by atoms with Crippen LogP contribution in [0.5, 0.6) is 5.75 Å². The van der Waals surface area contributed by atoms with E-state index in [2.05, 4.69) is 0 Å². The van der Waals surface area contributed by atoms with E-state index >= 15 is 0 Å². The lowest BCUT2D eigenvalue weighted by Crippen LogP contribution is -2.02. The Hall–Kier alpha value is -1.66. The van der Waals surface area contributed by atoms with Crippen molar-refractivity contribution in [2.45, 2.75) is 6.42 Å². The van der Waals surface area contributed by atoms with Crippen LogP contribution < -0.4 is 11.9 Å². The van der Waals surface area contributed by atoms with Gasteiger partial charge in [0.15, 0.2) is 0 Å². The maximum Gasteiger partial charge on any atom is 0.273 e. The number of phenolic OH excluding ortho intramolecular Hbond substituents is 1. The summed E-state index contributed by atoms with van der Waals surface area (Å²) in [5.74, 6) is -0.0698. The number of aromatic hydroxyl groups is 1. The minimum Gasteiger partial charge on any atom is -0.507 e. The van der Waals surface area contributed by atoms with Crippen LogP contribution in [0.3, 0.4) is 0 Å². The lowest BCUT2D eigenvalue weighted by Gasteiger charge is -2.01. The minimum absolute atomic E-state index is 0. The first kappa shape index (κ1) is 12.3. The second-order valence-electron chi connectivity index (χ2n) is 2.61. The largest absolute Gasteiger partial charge is 0.507 e. The van der Waals surface area contributed by atoms with Crippen molar-refractivity contribution in [1.82, 2.24) is 6.15 Å². The number of nitrogens with zero attached hydrogens (tertiary/aromatic N) is 1. The molecule has 0 amide bonds. The molecule has 6 N–H and O–H groups in total. The molecule has 0 unspecified atom stereocenters. The first-order chi connectivity index (χ1) is 6.15. The summed E-state index contributed by atoms with van der Waals surface area (Å²) < 4.78 is 0. The van der Waals surface area contributed by atoms with Gasteiger partial charge in [-0.1, -0.05) is 0 Å². The van der Waals surface area contributed by atoms with Gasteiger partial charge in [0.2, 0.25) is 0 Å². The van der Waals surface area contributed by atoms with E-state index in [4.69, 9.17) is 5.73 Å². The molecule has 0 bridgehead atoms. The van der Waals surface area contributed by atoms with Gasteiger partial charge in [0.1, 0.15) is 5.75 Å². The topological polar surface area (TPSA) is 124 Å². The third-order valence-corrected chi connectivity index (χ3v) is 1.69. The van der Waals surface area contributed by atoms with Crippen LogP contribution in [0, 0.1) is 10.1 Å². The van der Waals surface area contributed by atoms with E-state index in [-0.39, 0.29) is 17.6 Å². The Morgan fingerprint density at radius 1 is 1.50 bits per heavy atom. The van der Waals surface area contributed by atoms with Crippen LogP contribution in [0.2, 0.25) is 0 Å². The maximum absolute atomic E-state index is 10.3. The average Bonchev–Trinajstić information content (AvgIpc) is 2.08. The Morgan fingerprint density at radius 2 is 2.14 bits per heavy atom. The zero-order chi connectivity index (χ0) is 9.84. The predicted molar refractivity (Wildman–Crippen MR) is 52.5 cm³/mol. The molecule has 0 atom stereocenters. The van der Waals surface area contributed by atoms with Crippen LogP contribution in [-0.2, 0) is 6.42 Å². The first-order valence-corrected chi connectivity index (χ1v) is 3.81. The van der Waals surface area contributed by atoms with Crippen LogP contribution in [0.1, 0.15) is 5.56 Å². The number of phenols is 1. The molecule has 6 nitrogen and oxygen atoms in total. The Kier molecular flexibility index (Phi) is 4.54. The van der Waals surface area contributed by atoms with Gasteiger partial charge in [-0.05, 0) is 24.6 Å². The highest BCUT2D eigenvalue weighted by molar-refractivity contribution is 5.43. The Balaban J connectivity index is 0.00000169. The van der Waals surface area contributed by atoms with E-state index in [1.54, 1.807) is 0 Å². The van der Waals surface area contributed by atoms with Crippen molar-refractivity contribution < 1.29 is 10.0 Å². The van der Waals surface area contributed by atoms with E-state index in [0.717, 1.165) is 6.07 Å². The quantitative estimate of drug-likeness (QED) is 0.494. The molecule has 0 saturated heterocycles. The van der Waals surface area contributed by atoms with E-state index in [1.165, 1.54) is 12.1 Å². The summed E-state index contributed by atoms with van der Waals surface area (Å²) in [4.78, 5) is 9.74. The Morgan fingerprint density at radius 3 is 2.57 bits per heavy atom. The van der Waals surface area contributed by atoms with E-state index in [1.807, 2.05) is 0 Å². The van der Waals surface area contributed by atoms with Crippen LogP contribution in [-0.4, -0.2) is 16.6 Å². The Labute approximate surface area is 81.1 Å². The molecule has 0 heterocycles. The highest BCUT2D eigenvalue weighted by Crippen LogP contribution is 2.23. The molecule has 1 aromatic carbocycles. The number of nitro benzene ring substituents is 1. The van der Waals surface area contributed by atoms with Gasteiger partial charge in [0, 0.05) is 6.07 Å². The van der Waals surface area contributed by atoms with Crippen molar-refractivity contribution in [3.05, 3.63) is 33.9 Å². The molecule has 0 aromatic heterocycles. The first-order valence-electron chi connectivity index (χ1n) is 3.81. The maximum atomic E-state index is 10.3. The number of nitrogens with two attached hydrogens (primary N) is 1. The van der Waals surface area contributed by atoms with Crippen molar-refractivity contribution in [2.75, 3.05) is 6.54 Å². The average molecular weight is 199 g/mol. The molecule has 0 radical (unpaired) electrons. The van der Waals surface area contributed by atoms with Crippen molar-refractivity contribution in [3.63, 3.8) is 0 Å². The highest BCUT2D eigenvalue weighted by Gasteiger charge is 2.08. The van der Waals surface area contributed by atoms with E-state index in [0.29, 0.717) is 18.5 Å². The lowest BCUT2D eigenvalue weighted by atomic mass is 10.1. The number of nitro groups is 1. The molecule has 14 heavy (non-hydrogen) atoms. The van der Waals surface area contributed by atoms with Crippen molar-refractivity contribution in [1.29, 1.82) is 0 Å². The summed E-state index contributed by atoms with van der Waals surface area (Å²) in [6.07, 6.45) is 0.518. The summed E-state index contributed by atoms with van der Waals surface area (Å²) >= 11 is 0. The normalized spacial score (nSPS) is 9.21. The monoisotopic (exact) mass is 199 g/mol. The van der Waals surface area contributed by atoms with Gasteiger partial charge < -0.3 is 17.0 Å². The van der Waals surface area contributed by atoms with Gasteiger partial charge in [0.25, 0.3) is 5.69 Å². The van der Waals surface area contributed by atoms with Gasteiger partial charge in [-0.25, -0.2) is 0 Å². The fraction of sp³-hybridized carbons (Fsp3) is 0.250. The summed E-state index contributed by atoms with van der Waals surface area (Å²) in [7, 11) is 0. The molecular formula is C8H13N3O3. The zero-order valence-corrected chi connectivity index (χ0v) is 7.64. The van der Waals surface area contributed by atoms with Gasteiger partial charge >= 0.3 is 0 Å². The fourth-order valence-corrected chi connectivity index (χ4v) is 1.03. The minimum atomic E-state index is -0.550. The fourth-order valence-electron chi connectivity index (χ4n) is 1.03. The summed E-state index contributed by atoms with van der Waals surface area (Å²) in [5, 5.41) is 19.6. The molecular weight excluding hydrogens is 186 g/mol. The summed E-state index contributed by atoms with van der Waals surface area (Å²) in [6, 6.07) is 4.00. The standard InChI is InChI=1S/C8H10N2O3.H3N/c9-4-3-6-1-2-7(10(12)13)5-8(6)11;/h1-2,5,11H,3-4,9H2;1H3. The van der Waals surface area contributed by atoms with Gasteiger partial charge in [-0.15, -0.1) is 0 Å². The Bertz CT molecular complexity index is 328. The number of benzene rings is 1. The number of rotatable bonds is 3. The molecule has 0 aliphatic carbocycles. The molecule has 1 aromatic rings. The molecule has 0 fully saturated rings. The van der Waals surface area contributed by atoms with Crippen LogP contribution >= 0.6 is 0 Å². The van der Waals surface area contributed by atoms with Crippen LogP contribution in [0.4, 0.5) is 5.69 Å². The van der Waals surface area contributed by atoms with Crippen LogP contribution in [0.15, 0.2) is 18.2 Å². The highest BCUT2D eigenvalue weighted by atomic mass is 16.6. The second-order valence-corrected chi connectivity index (χ2v) is 2.61. The third kappa shape index (κ3) is 2.68. The molecule has 6 heteroatoms. The van der Waals surface area contributed by atoms with Gasteiger partial charge in [0.05, 0.1) is 11.0 Å². The van der Waals surface area contributed by atoms with Gasteiger partial charge in [-0.3, -0.25) is 10.1 Å². The van der Waals surface area contributed by atoms with Crippen molar-refractivity contribution >= 4 is 5.69 Å². The van der Waals surface area contributed by atoms with Crippen molar-refractivity contribution in [3.8, 4) is 5.75 Å². The molecule has 0 aliphatic rings. The predicted octanol–water partition coefficient (Wildman–Crippen LogP) is 0.964. The van der Waals surface area contributed by atoms with Crippen LogP contribution in [0.25, 0.3) is 0 Å². The molecule has 0 saturated carbocycles. The van der Waals surface area contributed by atoms with Crippen molar-refractivity contribution in [2.24, 2.45) is 5.73 Å². The zero-order valence-electron chi connectivity index (χ0n) is 7.64. The molecule has 0 aliphatic heterocycles. The summed E-state index contributed by atoms with van der Waals surface area (Å²) in [5.41, 5.74) is 5.80. The molecule has 78 valence electrons. The number of non-ortho nitro benzene ring substituents is 1. The SMILES string of the molecule is N.NCCc1ccc([N+](=O)[O-])cc1O. The van der Waals surface area contributed by atoms with E-state index < -0.39 is 4.92 Å². The van der Waals surface area contributed by atoms with Gasteiger partial charge in [-0.2, -0.15) is 0 Å².